The molecule has 0 saturated carbocycles. The van der Waals surface area contributed by atoms with E-state index < -0.39 is 10.0 Å². The minimum absolute atomic E-state index is 0.228. The van der Waals surface area contributed by atoms with E-state index in [0.717, 1.165) is 23.6 Å². The first-order chi connectivity index (χ1) is 13.1. The molecule has 1 fully saturated rings. The van der Waals surface area contributed by atoms with Crippen molar-refractivity contribution < 1.29 is 17.9 Å². The van der Waals surface area contributed by atoms with Crippen LogP contribution in [-0.2, 0) is 16.6 Å². The van der Waals surface area contributed by atoms with Crippen LogP contribution in [0.3, 0.4) is 0 Å². The summed E-state index contributed by atoms with van der Waals surface area (Å²) in [5.41, 5.74) is 1.56. The maximum absolute atomic E-state index is 12.8. The summed E-state index contributed by atoms with van der Waals surface area (Å²) in [6.45, 7) is 3.18. The van der Waals surface area contributed by atoms with Crippen molar-refractivity contribution in [3.05, 3.63) is 53.6 Å². The third-order valence-electron chi connectivity index (χ3n) is 4.80. The zero-order valence-electron chi connectivity index (χ0n) is 14.7. The van der Waals surface area contributed by atoms with Crippen molar-refractivity contribution in [2.45, 2.75) is 11.4 Å². The molecule has 0 unspecified atom stereocenters. The van der Waals surface area contributed by atoms with Gasteiger partial charge in [-0.3, -0.25) is 4.90 Å². The molecule has 2 aromatic carbocycles. The predicted octanol–water partition coefficient (Wildman–Crippen LogP) is 1.79. The molecule has 7 nitrogen and oxygen atoms in total. The molecule has 2 heterocycles. The van der Waals surface area contributed by atoms with Gasteiger partial charge in [-0.1, -0.05) is 6.07 Å². The molecule has 2 aromatic rings. The summed E-state index contributed by atoms with van der Waals surface area (Å²) < 4.78 is 37.8. The van der Waals surface area contributed by atoms with Crippen molar-refractivity contribution in [2.75, 3.05) is 33.0 Å². The van der Waals surface area contributed by atoms with Crippen LogP contribution in [0.15, 0.2) is 47.4 Å². The van der Waals surface area contributed by atoms with Gasteiger partial charge in [-0.25, -0.2) is 8.42 Å². The highest BCUT2D eigenvalue weighted by molar-refractivity contribution is 7.89. The van der Waals surface area contributed by atoms with Crippen LogP contribution < -0.4 is 9.47 Å². The van der Waals surface area contributed by atoms with Crippen LogP contribution in [-0.4, -0.2) is 50.6 Å². The van der Waals surface area contributed by atoms with Gasteiger partial charge in [-0.2, -0.15) is 9.57 Å². The van der Waals surface area contributed by atoms with Crippen molar-refractivity contribution in [1.82, 2.24) is 9.21 Å². The SMILES string of the molecule is N#Cc1ccc(S(=O)(=O)N2CCN(Cc3ccc4c(c3)OCO4)CC2)cc1. The van der Waals surface area contributed by atoms with E-state index in [4.69, 9.17) is 14.7 Å². The summed E-state index contributed by atoms with van der Waals surface area (Å²) in [6, 6.07) is 13.9. The van der Waals surface area contributed by atoms with E-state index in [1.165, 1.54) is 28.6 Å². The molecular formula is C19H19N3O4S. The Balaban J connectivity index is 1.38. The Labute approximate surface area is 158 Å². The molecule has 0 amide bonds. The van der Waals surface area contributed by atoms with Gasteiger partial charge >= 0.3 is 0 Å². The number of hydrogen-bond donors (Lipinski definition) is 0. The molecule has 2 aliphatic rings. The highest BCUT2D eigenvalue weighted by Crippen LogP contribution is 2.33. The van der Waals surface area contributed by atoms with Crippen LogP contribution in [0.1, 0.15) is 11.1 Å². The van der Waals surface area contributed by atoms with Gasteiger partial charge in [0, 0.05) is 32.7 Å². The lowest BCUT2D eigenvalue weighted by molar-refractivity contribution is 0.173. The summed E-state index contributed by atoms with van der Waals surface area (Å²) >= 11 is 0. The molecular weight excluding hydrogens is 366 g/mol. The average Bonchev–Trinajstić information content (AvgIpc) is 3.16. The number of hydrogen-bond acceptors (Lipinski definition) is 6. The van der Waals surface area contributed by atoms with Crippen molar-refractivity contribution in [2.24, 2.45) is 0 Å². The standard InChI is InChI=1S/C19H19N3O4S/c20-12-15-1-4-17(5-2-15)27(23,24)22-9-7-21(8-10-22)13-16-3-6-18-19(11-16)26-14-25-18/h1-6,11H,7-10,13-14H2. The van der Waals surface area contributed by atoms with E-state index in [9.17, 15) is 8.42 Å². The largest absolute Gasteiger partial charge is 0.454 e. The Morgan fingerprint density at radius 3 is 2.37 bits per heavy atom. The number of sulfonamides is 1. The van der Waals surface area contributed by atoms with Gasteiger partial charge in [0.05, 0.1) is 16.5 Å². The fraction of sp³-hybridized carbons (Fsp3) is 0.316. The fourth-order valence-electron chi connectivity index (χ4n) is 3.28. The second-order valence-electron chi connectivity index (χ2n) is 6.50. The molecule has 0 aliphatic carbocycles. The maximum atomic E-state index is 12.8. The van der Waals surface area contributed by atoms with Gasteiger partial charge in [0.2, 0.25) is 16.8 Å². The maximum Gasteiger partial charge on any atom is 0.243 e. The molecule has 27 heavy (non-hydrogen) atoms. The Kier molecular flexibility index (Phi) is 4.74. The lowest BCUT2D eigenvalue weighted by atomic mass is 10.2. The number of benzene rings is 2. The minimum atomic E-state index is -3.53. The number of ether oxygens (including phenoxy) is 2. The lowest BCUT2D eigenvalue weighted by Gasteiger charge is -2.34. The fourth-order valence-corrected chi connectivity index (χ4v) is 4.70. The Hall–Kier alpha value is -2.60. The van der Waals surface area contributed by atoms with E-state index in [0.29, 0.717) is 31.7 Å². The van der Waals surface area contributed by atoms with Crippen LogP contribution in [0.4, 0.5) is 0 Å². The third-order valence-corrected chi connectivity index (χ3v) is 6.71. The highest BCUT2D eigenvalue weighted by atomic mass is 32.2. The molecule has 0 N–H and O–H groups in total. The zero-order valence-corrected chi connectivity index (χ0v) is 15.5. The molecule has 1 saturated heterocycles. The first-order valence-corrected chi connectivity index (χ1v) is 10.1. The van der Waals surface area contributed by atoms with E-state index in [1.807, 2.05) is 24.3 Å². The van der Waals surface area contributed by atoms with Crippen LogP contribution in [0.25, 0.3) is 0 Å². The summed E-state index contributed by atoms with van der Waals surface area (Å²) in [4.78, 5) is 2.45. The number of fused-ring (bicyclic) bond motifs is 1. The van der Waals surface area contributed by atoms with E-state index in [1.54, 1.807) is 0 Å². The molecule has 0 radical (unpaired) electrons. The van der Waals surface area contributed by atoms with Crippen molar-refractivity contribution in [3.63, 3.8) is 0 Å². The average molecular weight is 385 g/mol. The Morgan fingerprint density at radius 2 is 1.67 bits per heavy atom. The smallest absolute Gasteiger partial charge is 0.243 e. The Morgan fingerprint density at radius 1 is 0.963 bits per heavy atom. The van der Waals surface area contributed by atoms with Gasteiger partial charge in [0.25, 0.3) is 0 Å². The molecule has 140 valence electrons. The van der Waals surface area contributed by atoms with Crippen LogP contribution >= 0.6 is 0 Å². The second kappa shape index (κ2) is 7.19. The van der Waals surface area contributed by atoms with Gasteiger partial charge in [0.1, 0.15) is 0 Å². The number of piperazine rings is 1. The van der Waals surface area contributed by atoms with Gasteiger partial charge < -0.3 is 9.47 Å². The molecule has 2 aliphatic heterocycles. The van der Waals surface area contributed by atoms with Gasteiger partial charge in [-0.15, -0.1) is 0 Å². The van der Waals surface area contributed by atoms with Crippen molar-refractivity contribution >= 4 is 10.0 Å². The van der Waals surface area contributed by atoms with Crippen LogP contribution in [0.2, 0.25) is 0 Å². The minimum Gasteiger partial charge on any atom is -0.454 e. The summed E-state index contributed by atoms with van der Waals surface area (Å²) in [5.74, 6) is 1.52. The number of nitriles is 1. The first kappa shape index (κ1) is 17.8. The summed E-state index contributed by atoms with van der Waals surface area (Å²) in [6.07, 6.45) is 0. The molecule has 0 spiro atoms. The Bertz CT molecular complexity index is 975. The van der Waals surface area contributed by atoms with Gasteiger partial charge in [0.15, 0.2) is 11.5 Å². The highest BCUT2D eigenvalue weighted by Gasteiger charge is 2.28. The van der Waals surface area contributed by atoms with E-state index in [2.05, 4.69) is 4.90 Å². The quantitative estimate of drug-likeness (QED) is 0.798. The molecule has 0 aromatic heterocycles. The van der Waals surface area contributed by atoms with Crippen molar-refractivity contribution in [3.8, 4) is 17.6 Å². The third kappa shape index (κ3) is 3.62. The molecule has 8 heteroatoms. The second-order valence-corrected chi connectivity index (χ2v) is 8.44. The lowest BCUT2D eigenvalue weighted by Crippen LogP contribution is -2.48. The number of nitrogens with zero attached hydrogens (tertiary/aromatic N) is 3. The van der Waals surface area contributed by atoms with Gasteiger partial charge in [-0.05, 0) is 42.0 Å². The van der Waals surface area contributed by atoms with Crippen molar-refractivity contribution in [1.29, 1.82) is 5.26 Å². The van der Waals surface area contributed by atoms with Crippen LogP contribution in [0, 0.1) is 11.3 Å². The normalized spacial score (nSPS) is 17.6. The van der Waals surface area contributed by atoms with E-state index >= 15 is 0 Å². The summed E-state index contributed by atoms with van der Waals surface area (Å²) in [7, 11) is -3.53. The predicted molar refractivity (Wildman–Crippen MR) is 97.8 cm³/mol. The monoisotopic (exact) mass is 385 g/mol. The number of rotatable bonds is 4. The summed E-state index contributed by atoms with van der Waals surface area (Å²) in [5, 5.41) is 8.85. The van der Waals surface area contributed by atoms with Crippen LogP contribution in [0.5, 0.6) is 11.5 Å². The molecule has 4 rings (SSSR count). The zero-order chi connectivity index (χ0) is 18.9. The molecule has 0 bridgehead atoms. The van der Waals surface area contributed by atoms with E-state index in [-0.39, 0.29) is 11.7 Å². The molecule has 0 atom stereocenters. The first-order valence-electron chi connectivity index (χ1n) is 8.67. The topological polar surface area (TPSA) is 82.9 Å².